The molecule has 0 radical (unpaired) electrons. The van der Waals surface area contributed by atoms with Crippen molar-refractivity contribution in [2.24, 2.45) is 0 Å². The fourth-order valence-corrected chi connectivity index (χ4v) is 3.23. The Morgan fingerprint density at radius 2 is 2.05 bits per heavy atom. The lowest BCUT2D eigenvalue weighted by Gasteiger charge is -2.09. The summed E-state index contributed by atoms with van der Waals surface area (Å²) in [6.07, 6.45) is 0. The van der Waals surface area contributed by atoms with Crippen LogP contribution in [0.3, 0.4) is 0 Å². The third-order valence-corrected chi connectivity index (χ3v) is 4.55. The molecule has 0 aliphatic heterocycles. The zero-order chi connectivity index (χ0) is 14.7. The zero-order valence-corrected chi connectivity index (χ0v) is 12.3. The van der Waals surface area contributed by atoms with Gasteiger partial charge in [-0.3, -0.25) is 4.21 Å². The highest BCUT2D eigenvalue weighted by molar-refractivity contribution is 7.84. The fraction of sp³-hybridized carbons (Fsp3) is 0.143. The lowest BCUT2D eigenvalue weighted by atomic mass is 10.2. The number of hydrogen-bond acceptors (Lipinski definition) is 3. The Bertz CT molecular complexity index is 664. The summed E-state index contributed by atoms with van der Waals surface area (Å²) in [5, 5.41) is 0.376. The first-order valence-corrected chi connectivity index (χ1v) is 7.46. The average Bonchev–Trinajstić information content (AvgIpc) is 2.43. The van der Waals surface area contributed by atoms with E-state index in [9.17, 15) is 8.60 Å². The van der Waals surface area contributed by atoms with Gasteiger partial charge < -0.3 is 10.5 Å². The van der Waals surface area contributed by atoms with Crippen molar-refractivity contribution in [2.45, 2.75) is 10.6 Å². The number of methoxy groups -OCH3 is 1. The Balaban J connectivity index is 2.30. The van der Waals surface area contributed by atoms with Gasteiger partial charge in [-0.2, -0.15) is 0 Å². The molecule has 1 unspecified atom stereocenters. The van der Waals surface area contributed by atoms with Crippen molar-refractivity contribution in [3.05, 3.63) is 52.8 Å². The van der Waals surface area contributed by atoms with Crippen molar-refractivity contribution in [2.75, 3.05) is 12.8 Å². The molecule has 3 nitrogen and oxygen atoms in total. The Morgan fingerprint density at radius 1 is 1.30 bits per heavy atom. The molecule has 0 aliphatic carbocycles. The topological polar surface area (TPSA) is 52.3 Å². The molecule has 0 saturated heterocycles. The maximum absolute atomic E-state index is 13.2. The zero-order valence-electron chi connectivity index (χ0n) is 10.7. The number of benzene rings is 2. The first-order valence-electron chi connectivity index (χ1n) is 5.77. The van der Waals surface area contributed by atoms with Gasteiger partial charge in [0.05, 0.1) is 28.6 Å². The first-order chi connectivity index (χ1) is 9.51. The Labute approximate surface area is 124 Å². The van der Waals surface area contributed by atoms with Crippen LogP contribution in [0, 0.1) is 5.82 Å². The van der Waals surface area contributed by atoms with Crippen LogP contribution in [0.4, 0.5) is 10.1 Å². The van der Waals surface area contributed by atoms with Crippen molar-refractivity contribution in [1.82, 2.24) is 0 Å². The molecule has 0 bridgehead atoms. The van der Waals surface area contributed by atoms with Crippen molar-refractivity contribution in [1.29, 1.82) is 0 Å². The van der Waals surface area contributed by atoms with E-state index in [1.165, 1.54) is 25.3 Å². The number of hydrogen-bond donors (Lipinski definition) is 1. The van der Waals surface area contributed by atoms with E-state index in [1.807, 2.05) is 0 Å². The molecule has 2 aromatic carbocycles. The lowest BCUT2D eigenvalue weighted by molar-refractivity contribution is 0.413. The van der Waals surface area contributed by atoms with Crippen molar-refractivity contribution >= 4 is 28.1 Å². The highest BCUT2D eigenvalue weighted by Gasteiger charge is 2.13. The number of ether oxygens (including phenoxy) is 1. The van der Waals surface area contributed by atoms with Crippen LogP contribution in [0.5, 0.6) is 5.75 Å². The van der Waals surface area contributed by atoms with Crippen LogP contribution in [0.2, 0.25) is 5.02 Å². The highest BCUT2D eigenvalue weighted by atomic mass is 35.5. The van der Waals surface area contributed by atoms with Gasteiger partial charge in [0.1, 0.15) is 11.6 Å². The van der Waals surface area contributed by atoms with Crippen LogP contribution in [0.1, 0.15) is 5.56 Å². The number of halogens is 2. The molecule has 0 saturated carbocycles. The maximum atomic E-state index is 13.2. The normalized spacial score (nSPS) is 12.2. The van der Waals surface area contributed by atoms with Gasteiger partial charge in [0.25, 0.3) is 0 Å². The average molecular weight is 314 g/mol. The summed E-state index contributed by atoms with van der Waals surface area (Å²) in [6, 6.07) is 8.90. The van der Waals surface area contributed by atoms with Crippen molar-refractivity contribution in [3.8, 4) is 5.75 Å². The maximum Gasteiger partial charge on any atom is 0.123 e. The van der Waals surface area contributed by atoms with Crippen LogP contribution in [-0.4, -0.2) is 11.3 Å². The van der Waals surface area contributed by atoms with E-state index < -0.39 is 16.6 Å². The monoisotopic (exact) mass is 313 g/mol. The van der Waals surface area contributed by atoms with Gasteiger partial charge in [-0.15, -0.1) is 0 Å². The van der Waals surface area contributed by atoms with Crippen LogP contribution in [-0.2, 0) is 16.6 Å². The van der Waals surface area contributed by atoms with E-state index in [0.717, 1.165) is 0 Å². The molecule has 0 fully saturated rings. The van der Waals surface area contributed by atoms with Crippen LogP contribution < -0.4 is 10.5 Å². The van der Waals surface area contributed by atoms with Gasteiger partial charge in [0.15, 0.2) is 0 Å². The Kier molecular flexibility index (Phi) is 4.62. The number of rotatable bonds is 4. The largest absolute Gasteiger partial charge is 0.497 e. The molecule has 106 valence electrons. The van der Waals surface area contributed by atoms with Gasteiger partial charge in [-0.1, -0.05) is 11.6 Å². The molecule has 2 aromatic rings. The third-order valence-electron chi connectivity index (χ3n) is 2.76. The molecule has 0 aromatic heterocycles. The van der Waals surface area contributed by atoms with Gasteiger partial charge in [-0.05, 0) is 42.0 Å². The molecule has 20 heavy (non-hydrogen) atoms. The smallest absolute Gasteiger partial charge is 0.123 e. The molecular weight excluding hydrogens is 301 g/mol. The van der Waals surface area contributed by atoms with Crippen LogP contribution in [0.25, 0.3) is 0 Å². The minimum Gasteiger partial charge on any atom is -0.497 e. The predicted octanol–water partition coefficient (Wildman–Crippen LogP) is 3.38. The summed E-state index contributed by atoms with van der Waals surface area (Å²) < 4.78 is 30.6. The molecule has 0 spiro atoms. The fourth-order valence-electron chi connectivity index (χ4n) is 1.71. The second kappa shape index (κ2) is 6.24. The van der Waals surface area contributed by atoms with Crippen molar-refractivity contribution < 1.29 is 13.3 Å². The second-order valence-electron chi connectivity index (χ2n) is 4.13. The van der Waals surface area contributed by atoms with E-state index in [0.29, 0.717) is 26.9 Å². The molecule has 0 amide bonds. The summed E-state index contributed by atoms with van der Waals surface area (Å²) in [7, 11) is 0.0830. The number of anilines is 1. The van der Waals surface area contributed by atoms with Crippen molar-refractivity contribution in [3.63, 3.8) is 0 Å². The molecule has 1 atom stereocenters. The minimum absolute atomic E-state index is 0.0912. The standard InChI is InChI=1S/C14H13ClFNO2S/c1-19-11-3-5-13(17)14(7-11)20(18)8-9-6-10(16)2-4-12(9)15/h2-7H,8,17H2,1H3. The predicted molar refractivity (Wildman–Crippen MR) is 78.9 cm³/mol. The van der Waals surface area contributed by atoms with Gasteiger partial charge in [-0.25, -0.2) is 4.39 Å². The van der Waals surface area contributed by atoms with Crippen LogP contribution in [0.15, 0.2) is 41.3 Å². The summed E-state index contributed by atoms with van der Waals surface area (Å²) in [5.41, 5.74) is 6.69. The van der Waals surface area contributed by atoms with E-state index in [4.69, 9.17) is 22.1 Å². The minimum atomic E-state index is -1.43. The molecule has 2 N–H and O–H groups in total. The second-order valence-corrected chi connectivity index (χ2v) is 5.96. The SMILES string of the molecule is COc1ccc(N)c(S(=O)Cc2cc(F)ccc2Cl)c1. The highest BCUT2D eigenvalue weighted by Crippen LogP contribution is 2.26. The molecular formula is C14H13ClFNO2S. The quantitative estimate of drug-likeness (QED) is 0.880. The van der Waals surface area contributed by atoms with Gasteiger partial charge >= 0.3 is 0 Å². The summed E-state index contributed by atoms with van der Waals surface area (Å²) in [6.45, 7) is 0. The van der Waals surface area contributed by atoms with E-state index in [-0.39, 0.29) is 5.75 Å². The lowest BCUT2D eigenvalue weighted by Crippen LogP contribution is -2.02. The molecule has 2 rings (SSSR count). The van der Waals surface area contributed by atoms with E-state index >= 15 is 0 Å². The first kappa shape index (κ1) is 14.8. The van der Waals surface area contributed by atoms with Crippen LogP contribution >= 0.6 is 11.6 Å². The summed E-state index contributed by atoms with van der Waals surface area (Å²) in [4.78, 5) is 0.449. The summed E-state index contributed by atoms with van der Waals surface area (Å²) >= 11 is 5.97. The van der Waals surface area contributed by atoms with E-state index in [2.05, 4.69) is 0 Å². The molecule has 6 heteroatoms. The Morgan fingerprint density at radius 3 is 2.75 bits per heavy atom. The molecule has 0 aliphatic rings. The number of nitrogens with two attached hydrogens (primary N) is 1. The number of nitrogen functional groups attached to an aromatic ring is 1. The Hall–Kier alpha value is -1.59. The molecule has 0 heterocycles. The summed E-state index contributed by atoms with van der Waals surface area (Å²) in [5.74, 6) is 0.237. The van der Waals surface area contributed by atoms with Gasteiger partial charge in [0.2, 0.25) is 0 Å². The third kappa shape index (κ3) is 3.29. The van der Waals surface area contributed by atoms with Gasteiger partial charge in [0, 0.05) is 10.7 Å². The van der Waals surface area contributed by atoms with E-state index in [1.54, 1.807) is 18.2 Å².